The molecular weight excluding hydrogens is 280 g/mol. The van der Waals surface area contributed by atoms with Gasteiger partial charge in [-0.3, -0.25) is 10.1 Å². The van der Waals surface area contributed by atoms with Crippen molar-refractivity contribution < 1.29 is 4.79 Å². The van der Waals surface area contributed by atoms with Crippen molar-refractivity contribution in [1.29, 1.82) is 0 Å². The molecule has 4 heteroatoms. The third-order valence-corrected chi connectivity index (χ3v) is 6.40. The van der Waals surface area contributed by atoms with Gasteiger partial charge < -0.3 is 4.90 Å². The summed E-state index contributed by atoms with van der Waals surface area (Å²) in [5.41, 5.74) is -0.0937. The van der Waals surface area contributed by atoms with Crippen LogP contribution in [0.5, 0.6) is 0 Å². The molecule has 3 nitrogen and oxygen atoms in total. The minimum absolute atomic E-state index is 0.0542. The van der Waals surface area contributed by atoms with Crippen LogP contribution in [0.15, 0.2) is 12.1 Å². The number of nitrogens with zero attached hydrogens (tertiary/aromatic N) is 1. The van der Waals surface area contributed by atoms with Crippen LogP contribution in [0.4, 0.5) is 0 Å². The van der Waals surface area contributed by atoms with Crippen LogP contribution in [0.1, 0.15) is 62.4 Å². The Morgan fingerprint density at radius 3 is 2.57 bits per heavy atom. The van der Waals surface area contributed by atoms with E-state index in [2.05, 4.69) is 43.1 Å². The van der Waals surface area contributed by atoms with Crippen molar-refractivity contribution in [2.24, 2.45) is 5.41 Å². The van der Waals surface area contributed by atoms with E-state index in [1.54, 1.807) is 11.3 Å². The summed E-state index contributed by atoms with van der Waals surface area (Å²) in [5.74, 6) is 0.272. The fourth-order valence-electron chi connectivity index (χ4n) is 3.47. The Kier molecular flexibility index (Phi) is 3.65. The normalized spacial score (nSPS) is 31.5. The number of amides is 1. The highest BCUT2D eigenvalue weighted by Crippen LogP contribution is 2.44. The van der Waals surface area contributed by atoms with Gasteiger partial charge in [0.15, 0.2) is 0 Å². The molecule has 2 unspecified atom stereocenters. The average Bonchev–Trinajstić information content (AvgIpc) is 2.94. The molecule has 0 spiro atoms. The fraction of sp³-hybridized carbons (Fsp3) is 0.706. The van der Waals surface area contributed by atoms with Gasteiger partial charge in [-0.1, -0.05) is 20.3 Å². The minimum atomic E-state index is -0.414. The van der Waals surface area contributed by atoms with Gasteiger partial charge in [0.25, 0.3) is 0 Å². The highest BCUT2D eigenvalue weighted by Gasteiger charge is 2.50. The molecule has 2 atom stereocenters. The zero-order chi connectivity index (χ0) is 15.3. The smallest absolute Gasteiger partial charge is 0.244 e. The van der Waals surface area contributed by atoms with Crippen LogP contribution in [-0.2, 0) is 4.79 Å². The summed E-state index contributed by atoms with van der Waals surface area (Å²) >= 11 is 1.80. The van der Waals surface area contributed by atoms with Gasteiger partial charge in [-0.05, 0) is 50.7 Å². The quantitative estimate of drug-likeness (QED) is 0.916. The first-order valence-corrected chi connectivity index (χ1v) is 8.84. The van der Waals surface area contributed by atoms with E-state index in [4.69, 9.17) is 0 Å². The van der Waals surface area contributed by atoms with Crippen LogP contribution >= 0.6 is 11.3 Å². The van der Waals surface area contributed by atoms with Crippen LogP contribution in [0.25, 0.3) is 0 Å². The molecule has 2 heterocycles. The molecule has 2 fully saturated rings. The van der Waals surface area contributed by atoms with Crippen LogP contribution in [0.3, 0.4) is 0 Å². The number of nitrogens with one attached hydrogen (secondary N) is 1. The van der Waals surface area contributed by atoms with Crippen LogP contribution < -0.4 is 5.32 Å². The van der Waals surface area contributed by atoms with E-state index in [0.717, 1.165) is 13.0 Å². The second-order valence-corrected chi connectivity index (χ2v) is 8.60. The SMILES string of the molecule is CCC1(C)NC(c2ccc(C)s2)N(CC2(C)CCC2)C1=O. The van der Waals surface area contributed by atoms with E-state index in [-0.39, 0.29) is 12.1 Å². The highest BCUT2D eigenvalue weighted by molar-refractivity contribution is 7.12. The third-order valence-electron chi connectivity index (χ3n) is 5.35. The van der Waals surface area contributed by atoms with E-state index in [1.165, 1.54) is 29.0 Å². The van der Waals surface area contributed by atoms with E-state index in [1.807, 2.05) is 6.92 Å². The lowest BCUT2D eigenvalue weighted by Gasteiger charge is -2.42. The first kappa shape index (κ1) is 15.0. The van der Waals surface area contributed by atoms with E-state index in [9.17, 15) is 4.79 Å². The van der Waals surface area contributed by atoms with E-state index >= 15 is 0 Å². The average molecular weight is 306 g/mol. The van der Waals surface area contributed by atoms with Gasteiger partial charge in [0.05, 0.1) is 5.54 Å². The molecule has 1 aliphatic carbocycles. The summed E-state index contributed by atoms with van der Waals surface area (Å²) in [6, 6.07) is 4.32. The van der Waals surface area contributed by atoms with Gasteiger partial charge in [-0.25, -0.2) is 0 Å². The van der Waals surface area contributed by atoms with Gasteiger partial charge in [0.2, 0.25) is 5.91 Å². The number of hydrogen-bond donors (Lipinski definition) is 1. The molecule has 1 aromatic heterocycles. The van der Waals surface area contributed by atoms with Gasteiger partial charge in [0.1, 0.15) is 6.17 Å². The van der Waals surface area contributed by atoms with Crippen LogP contribution in [0.2, 0.25) is 0 Å². The first-order chi connectivity index (χ1) is 9.87. The monoisotopic (exact) mass is 306 g/mol. The Morgan fingerprint density at radius 1 is 1.38 bits per heavy atom. The number of carbonyl (C=O) groups excluding carboxylic acids is 1. The minimum Gasteiger partial charge on any atom is -0.320 e. The lowest BCUT2D eigenvalue weighted by atomic mass is 9.70. The Balaban J connectivity index is 1.89. The molecular formula is C17H26N2OS. The predicted molar refractivity (Wildman–Crippen MR) is 87.3 cm³/mol. The van der Waals surface area contributed by atoms with Crippen molar-refractivity contribution in [1.82, 2.24) is 10.2 Å². The van der Waals surface area contributed by atoms with Gasteiger partial charge in [-0.15, -0.1) is 11.3 Å². The molecule has 3 rings (SSSR count). The van der Waals surface area contributed by atoms with Gasteiger partial charge >= 0.3 is 0 Å². The third kappa shape index (κ3) is 2.53. The number of carbonyl (C=O) groups is 1. The molecule has 116 valence electrons. The number of aryl methyl sites for hydroxylation is 1. The number of thiophene rings is 1. The molecule has 1 saturated heterocycles. The molecule has 1 amide bonds. The van der Waals surface area contributed by atoms with Crippen molar-refractivity contribution in [3.8, 4) is 0 Å². The lowest BCUT2D eigenvalue weighted by Crippen LogP contribution is -2.45. The van der Waals surface area contributed by atoms with Crippen molar-refractivity contribution in [3.63, 3.8) is 0 Å². The summed E-state index contributed by atoms with van der Waals surface area (Å²) in [6.45, 7) is 9.47. The first-order valence-electron chi connectivity index (χ1n) is 8.02. The van der Waals surface area contributed by atoms with E-state index in [0.29, 0.717) is 5.41 Å². The molecule has 21 heavy (non-hydrogen) atoms. The summed E-state index contributed by atoms with van der Waals surface area (Å²) in [7, 11) is 0. The summed E-state index contributed by atoms with van der Waals surface area (Å²) in [6.07, 6.45) is 4.68. The Bertz CT molecular complexity index is 549. The standard InChI is InChI=1S/C17H26N2OS/c1-5-17(4)15(20)19(11-16(3)9-6-10-16)14(18-17)13-8-7-12(2)21-13/h7-8,14,18H,5-6,9-11H2,1-4H3. The molecule has 2 aliphatic rings. The van der Waals surface area contributed by atoms with Crippen molar-refractivity contribution in [2.75, 3.05) is 6.54 Å². The predicted octanol–water partition coefficient (Wildman–Crippen LogP) is 3.85. The molecule has 0 radical (unpaired) electrons. The number of hydrogen-bond acceptors (Lipinski definition) is 3. The van der Waals surface area contributed by atoms with E-state index < -0.39 is 5.54 Å². The fourth-order valence-corrected chi connectivity index (χ4v) is 4.41. The molecule has 1 saturated carbocycles. The van der Waals surface area contributed by atoms with Crippen LogP contribution in [0, 0.1) is 12.3 Å². The highest BCUT2D eigenvalue weighted by atomic mass is 32.1. The maximum absolute atomic E-state index is 12.9. The molecule has 0 aromatic carbocycles. The molecule has 1 N–H and O–H groups in total. The Hall–Kier alpha value is -0.870. The maximum atomic E-state index is 12.9. The van der Waals surface area contributed by atoms with Crippen molar-refractivity contribution >= 4 is 17.2 Å². The second kappa shape index (κ2) is 5.10. The van der Waals surface area contributed by atoms with Gasteiger partial charge in [-0.2, -0.15) is 0 Å². The Morgan fingerprint density at radius 2 is 2.10 bits per heavy atom. The summed E-state index contributed by atoms with van der Waals surface area (Å²) in [5, 5.41) is 3.60. The van der Waals surface area contributed by atoms with Gasteiger partial charge in [0, 0.05) is 16.3 Å². The molecule has 1 aliphatic heterocycles. The molecule has 0 bridgehead atoms. The summed E-state index contributed by atoms with van der Waals surface area (Å²) in [4.78, 5) is 17.6. The lowest BCUT2D eigenvalue weighted by molar-refractivity contribution is -0.135. The van der Waals surface area contributed by atoms with Crippen LogP contribution in [-0.4, -0.2) is 22.9 Å². The summed E-state index contributed by atoms with van der Waals surface area (Å²) < 4.78 is 0. The zero-order valence-corrected chi connectivity index (χ0v) is 14.3. The van der Waals surface area contributed by atoms with Crippen molar-refractivity contribution in [3.05, 3.63) is 21.9 Å². The topological polar surface area (TPSA) is 32.3 Å². The second-order valence-electron chi connectivity index (χ2n) is 7.28. The van der Waals surface area contributed by atoms with Crippen molar-refractivity contribution in [2.45, 2.75) is 65.1 Å². The zero-order valence-electron chi connectivity index (χ0n) is 13.5. The maximum Gasteiger partial charge on any atom is 0.244 e. The molecule has 1 aromatic rings. The largest absolute Gasteiger partial charge is 0.320 e. The number of rotatable bonds is 4. The Labute approximate surface area is 131 Å².